The van der Waals surface area contributed by atoms with Gasteiger partial charge < -0.3 is 14.5 Å². The summed E-state index contributed by atoms with van der Waals surface area (Å²) in [5.74, 6) is -0.628. The maximum atomic E-state index is 14.3. The van der Waals surface area contributed by atoms with Gasteiger partial charge in [-0.15, -0.1) is 0 Å². The van der Waals surface area contributed by atoms with Crippen molar-refractivity contribution in [2.75, 3.05) is 19.8 Å². The summed E-state index contributed by atoms with van der Waals surface area (Å²) < 4.78 is 23.2. The second kappa shape index (κ2) is 18.2. The van der Waals surface area contributed by atoms with Crippen molar-refractivity contribution in [1.29, 1.82) is 0 Å². The number of carbonyl (C=O) groups excluding carboxylic acids is 3. The van der Waals surface area contributed by atoms with Gasteiger partial charge in [0.05, 0.1) is 33.4 Å². The van der Waals surface area contributed by atoms with Gasteiger partial charge in [-0.2, -0.15) is 5.10 Å². The second-order valence-electron chi connectivity index (χ2n) is 12.5. The molecule has 1 aliphatic rings. The molecule has 278 valence electrons. The van der Waals surface area contributed by atoms with E-state index in [0.29, 0.717) is 35.1 Å². The Morgan fingerprint density at radius 1 is 0.906 bits per heavy atom. The highest BCUT2D eigenvalue weighted by atomic mass is 35.5. The first-order valence-corrected chi connectivity index (χ1v) is 19.6. The number of halogens is 1. The van der Waals surface area contributed by atoms with Crippen LogP contribution in [-0.4, -0.2) is 61.3 Å². The van der Waals surface area contributed by atoms with Crippen LogP contribution in [0.2, 0.25) is 5.02 Å². The predicted octanol–water partition coefficient (Wildman–Crippen LogP) is 8.50. The molecule has 1 unspecified atom stereocenters. The molecule has 1 N–H and O–H groups in total. The molecule has 12 heteroatoms. The van der Waals surface area contributed by atoms with Gasteiger partial charge in [-0.3, -0.25) is 19.1 Å². The first-order valence-electron chi connectivity index (χ1n) is 18.1. The van der Waals surface area contributed by atoms with Crippen LogP contribution in [0.3, 0.4) is 0 Å². The third kappa shape index (κ3) is 8.80. The lowest BCUT2D eigenvalue weighted by molar-refractivity contribution is 0.0514. The number of hydrogen-bond donors (Lipinski definition) is 1. The van der Waals surface area contributed by atoms with Crippen LogP contribution < -0.4 is 9.46 Å². The number of fused-ring (bicyclic) bond motifs is 2. The number of aromatic nitrogens is 2. The Kier molecular flexibility index (Phi) is 13.4. The zero-order valence-corrected chi connectivity index (χ0v) is 32.4. The Balaban J connectivity index is 0.00000266. The van der Waals surface area contributed by atoms with Gasteiger partial charge in [-0.05, 0) is 66.9 Å². The van der Waals surface area contributed by atoms with E-state index in [-0.39, 0.29) is 41.0 Å². The Bertz CT molecular complexity index is 2130. The van der Waals surface area contributed by atoms with Crippen LogP contribution in [0, 0.1) is 6.92 Å². The molecule has 0 saturated heterocycles. The summed E-state index contributed by atoms with van der Waals surface area (Å²) in [6, 6.07) is 25.1. The molecule has 1 aromatic heterocycles. The standard InChI is InChI=1S/C39H40ClN5O5S.C2H6/c1-4-6-20-43(21-7-5-2)39(48)36-35(40)26(3)45(41-36)33-19-17-29(23-32(33)38(47)44-24-30-14-10-11-15-34(30)50-25-44)37(46)42-51(49)31-18-16-27-12-8-9-13-28(27)22-31;1-2/h8-19,22-23H,4-7,20-21,24-25H2,1-3H3,(H,42,46);1-2H3. The lowest BCUT2D eigenvalue weighted by atomic mass is 10.1. The van der Waals surface area contributed by atoms with E-state index in [1.165, 1.54) is 21.7 Å². The SMILES string of the molecule is CC.CCCCN(CCCC)C(=O)c1nn(-c2ccc(C(=O)NS(=O)c3ccc4ccccc4c3)cc2C(=O)N2COc3ccccc3C2)c(C)c1Cl. The lowest BCUT2D eigenvalue weighted by Gasteiger charge is -2.29. The van der Waals surface area contributed by atoms with Gasteiger partial charge in [0, 0.05) is 24.2 Å². The third-order valence-corrected chi connectivity index (χ3v) is 10.4. The number of amides is 3. The topological polar surface area (TPSA) is 114 Å². The highest BCUT2D eigenvalue weighted by molar-refractivity contribution is 7.83. The molecular weight excluding hydrogens is 710 g/mol. The summed E-state index contributed by atoms with van der Waals surface area (Å²) in [5, 5.41) is 6.74. The van der Waals surface area contributed by atoms with E-state index in [1.54, 1.807) is 30.0 Å². The number of nitrogens with zero attached hydrogens (tertiary/aromatic N) is 4. The molecule has 6 rings (SSSR count). The summed E-state index contributed by atoms with van der Waals surface area (Å²) >= 11 is 6.80. The number of nitrogens with one attached hydrogen (secondary N) is 1. The van der Waals surface area contributed by atoms with Crippen LogP contribution in [0.15, 0.2) is 89.8 Å². The molecule has 0 saturated carbocycles. The van der Waals surface area contributed by atoms with Crippen molar-refractivity contribution in [2.45, 2.75) is 71.7 Å². The van der Waals surface area contributed by atoms with E-state index < -0.39 is 22.8 Å². The van der Waals surface area contributed by atoms with Gasteiger partial charge in [0.15, 0.2) is 23.4 Å². The molecule has 3 amide bonds. The normalized spacial score (nSPS) is 12.6. The Morgan fingerprint density at radius 3 is 2.30 bits per heavy atom. The summed E-state index contributed by atoms with van der Waals surface area (Å²) in [4.78, 5) is 45.4. The van der Waals surface area contributed by atoms with Crippen LogP contribution in [0.1, 0.15) is 95.8 Å². The van der Waals surface area contributed by atoms with Crippen LogP contribution in [0.25, 0.3) is 16.5 Å². The van der Waals surface area contributed by atoms with E-state index in [9.17, 15) is 18.6 Å². The molecule has 0 aliphatic carbocycles. The summed E-state index contributed by atoms with van der Waals surface area (Å²) in [6.07, 6.45) is 3.56. The number of carbonyl (C=O) groups is 3. The van der Waals surface area contributed by atoms with Crippen molar-refractivity contribution in [3.05, 3.63) is 118 Å². The van der Waals surface area contributed by atoms with Crippen LogP contribution in [0.5, 0.6) is 5.75 Å². The van der Waals surface area contributed by atoms with Gasteiger partial charge in [0.1, 0.15) is 5.75 Å². The predicted molar refractivity (Wildman–Crippen MR) is 210 cm³/mol. The van der Waals surface area contributed by atoms with E-state index >= 15 is 0 Å². The van der Waals surface area contributed by atoms with Gasteiger partial charge in [-0.25, -0.2) is 8.89 Å². The minimum absolute atomic E-state index is 0.00983. The van der Waals surface area contributed by atoms with E-state index in [2.05, 4.69) is 23.7 Å². The van der Waals surface area contributed by atoms with E-state index in [4.69, 9.17) is 16.3 Å². The molecule has 53 heavy (non-hydrogen) atoms. The number of ether oxygens (including phenoxy) is 1. The molecule has 2 heterocycles. The Hall–Kier alpha value is -5.00. The average molecular weight is 756 g/mol. The maximum absolute atomic E-state index is 14.3. The molecule has 1 atom stereocenters. The zero-order valence-electron chi connectivity index (χ0n) is 30.9. The molecule has 0 spiro atoms. The Labute approximate surface area is 318 Å². The van der Waals surface area contributed by atoms with Gasteiger partial charge in [0.25, 0.3) is 17.7 Å². The molecule has 1 aliphatic heterocycles. The molecule has 5 aromatic rings. The number of unbranched alkanes of at least 4 members (excludes halogenated alkanes) is 2. The number of benzene rings is 4. The second-order valence-corrected chi connectivity index (χ2v) is 14.1. The number of rotatable bonds is 12. The molecule has 0 bridgehead atoms. The van der Waals surface area contributed by atoms with E-state index in [1.807, 2.05) is 68.4 Å². The molecular formula is C41H46ClN5O5S. The molecule has 4 aromatic carbocycles. The molecule has 0 radical (unpaired) electrons. The van der Waals surface area contributed by atoms with E-state index in [0.717, 1.165) is 42.0 Å². The first-order chi connectivity index (χ1) is 25.7. The van der Waals surface area contributed by atoms with Crippen molar-refractivity contribution in [3.8, 4) is 11.4 Å². The van der Waals surface area contributed by atoms with Gasteiger partial charge >= 0.3 is 0 Å². The molecule has 0 fully saturated rings. The smallest absolute Gasteiger partial charge is 0.275 e. The van der Waals surface area contributed by atoms with Gasteiger partial charge in [0.2, 0.25) is 0 Å². The highest BCUT2D eigenvalue weighted by Crippen LogP contribution is 2.30. The van der Waals surface area contributed by atoms with Crippen molar-refractivity contribution >= 4 is 51.1 Å². The summed E-state index contributed by atoms with van der Waals surface area (Å²) in [7, 11) is -1.87. The fourth-order valence-electron chi connectivity index (χ4n) is 6.01. The third-order valence-electron chi connectivity index (χ3n) is 8.93. The minimum atomic E-state index is -1.87. The maximum Gasteiger partial charge on any atom is 0.275 e. The van der Waals surface area contributed by atoms with Gasteiger partial charge in [-0.1, -0.05) is 101 Å². The zero-order chi connectivity index (χ0) is 38.1. The first kappa shape index (κ1) is 39.2. The fraction of sp³-hybridized carbons (Fsp3) is 0.317. The fourth-order valence-corrected chi connectivity index (χ4v) is 7.04. The highest BCUT2D eigenvalue weighted by Gasteiger charge is 2.30. The van der Waals surface area contributed by atoms with Crippen LogP contribution in [0.4, 0.5) is 0 Å². The number of hydrogen-bond acceptors (Lipinski definition) is 6. The van der Waals surface area contributed by atoms with Crippen molar-refractivity contribution in [2.24, 2.45) is 0 Å². The largest absolute Gasteiger partial charge is 0.473 e. The monoisotopic (exact) mass is 755 g/mol. The number of para-hydroxylation sites is 1. The van der Waals surface area contributed by atoms with Crippen LogP contribution >= 0.6 is 11.6 Å². The van der Waals surface area contributed by atoms with Crippen molar-refractivity contribution < 1.29 is 23.3 Å². The summed E-state index contributed by atoms with van der Waals surface area (Å²) in [5.41, 5.74) is 1.99. The van der Waals surface area contributed by atoms with Crippen molar-refractivity contribution in [1.82, 2.24) is 24.3 Å². The van der Waals surface area contributed by atoms with Crippen LogP contribution in [-0.2, 0) is 17.5 Å². The average Bonchev–Trinajstić information content (AvgIpc) is 3.50. The summed E-state index contributed by atoms with van der Waals surface area (Å²) in [6.45, 7) is 11.3. The lowest BCUT2D eigenvalue weighted by Crippen LogP contribution is -2.38. The Morgan fingerprint density at radius 2 is 1.58 bits per heavy atom. The molecule has 10 nitrogen and oxygen atoms in total. The van der Waals surface area contributed by atoms with Crippen molar-refractivity contribution in [3.63, 3.8) is 0 Å². The quantitative estimate of drug-likeness (QED) is 0.137. The minimum Gasteiger partial charge on any atom is -0.473 e.